The number of aryl methyl sites for hydroxylation is 4. The lowest BCUT2D eigenvalue weighted by atomic mass is 10.00. The summed E-state index contributed by atoms with van der Waals surface area (Å²) in [5.74, 6) is 0.341. The van der Waals surface area contributed by atoms with Crippen LogP contribution < -0.4 is 5.32 Å². The van der Waals surface area contributed by atoms with E-state index in [-0.39, 0.29) is 0 Å². The average molecular weight is 255 g/mol. The molecule has 0 radical (unpaired) electrons. The second-order valence-corrected chi connectivity index (χ2v) is 5.23. The zero-order valence-corrected chi connectivity index (χ0v) is 12.0. The summed E-state index contributed by atoms with van der Waals surface area (Å²) in [4.78, 5) is 0. The molecule has 19 heavy (non-hydrogen) atoms. The summed E-state index contributed by atoms with van der Waals surface area (Å²) in [6.07, 6.45) is 0. The van der Waals surface area contributed by atoms with Crippen LogP contribution in [0, 0.1) is 27.7 Å². The fraction of sp³-hybridized carbons (Fsp3) is 0.294. The smallest absolute Gasteiger partial charge is 0.118 e. The molecule has 2 heteroatoms. The Morgan fingerprint density at radius 1 is 0.895 bits per heavy atom. The van der Waals surface area contributed by atoms with Crippen molar-refractivity contribution in [2.24, 2.45) is 0 Å². The van der Waals surface area contributed by atoms with E-state index in [4.69, 9.17) is 0 Å². The summed E-state index contributed by atoms with van der Waals surface area (Å²) in [5.41, 5.74) is 7.22. The Balaban J connectivity index is 2.16. The van der Waals surface area contributed by atoms with E-state index in [9.17, 15) is 5.11 Å². The first-order chi connectivity index (χ1) is 8.97. The van der Waals surface area contributed by atoms with Gasteiger partial charge in [-0.05, 0) is 68.1 Å². The number of nitrogens with one attached hydrogen (secondary N) is 1. The normalized spacial score (nSPS) is 10.5. The van der Waals surface area contributed by atoms with Crippen LogP contribution in [-0.2, 0) is 6.54 Å². The maximum absolute atomic E-state index is 9.52. The average Bonchev–Trinajstić information content (AvgIpc) is 2.32. The van der Waals surface area contributed by atoms with Gasteiger partial charge in [0.25, 0.3) is 0 Å². The third-order valence-corrected chi connectivity index (χ3v) is 3.51. The molecule has 0 saturated carbocycles. The van der Waals surface area contributed by atoms with Gasteiger partial charge < -0.3 is 10.4 Å². The molecule has 0 aliphatic rings. The molecule has 0 aromatic heterocycles. The number of hydrogen-bond donors (Lipinski definition) is 2. The summed E-state index contributed by atoms with van der Waals surface area (Å²) in [6.45, 7) is 9.14. The second-order valence-electron chi connectivity index (χ2n) is 5.23. The molecule has 2 aromatic carbocycles. The zero-order chi connectivity index (χ0) is 14.0. The predicted octanol–water partition coefficient (Wildman–Crippen LogP) is 4.24. The standard InChI is InChI=1S/C17H21NO/c1-11-7-12(2)16(13(3)8-11)10-18-15-5-6-17(19)14(4)9-15/h5-9,18-19H,10H2,1-4H3. The molecule has 2 rings (SSSR count). The molecule has 100 valence electrons. The van der Waals surface area contributed by atoms with E-state index in [0.29, 0.717) is 5.75 Å². The SMILES string of the molecule is Cc1cc(C)c(CNc2ccc(O)c(C)c2)c(C)c1. The van der Waals surface area contributed by atoms with Gasteiger partial charge in [0.05, 0.1) is 0 Å². The van der Waals surface area contributed by atoms with Crippen molar-refractivity contribution < 1.29 is 5.11 Å². The Hall–Kier alpha value is -1.96. The van der Waals surface area contributed by atoms with Crippen LogP contribution in [0.1, 0.15) is 27.8 Å². The molecule has 2 N–H and O–H groups in total. The molecule has 0 spiro atoms. The first-order valence-corrected chi connectivity index (χ1v) is 6.57. The van der Waals surface area contributed by atoms with E-state index < -0.39 is 0 Å². The van der Waals surface area contributed by atoms with Crippen molar-refractivity contribution in [3.8, 4) is 5.75 Å². The van der Waals surface area contributed by atoms with Gasteiger partial charge in [-0.15, -0.1) is 0 Å². The monoisotopic (exact) mass is 255 g/mol. The van der Waals surface area contributed by atoms with Crippen LogP contribution >= 0.6 is 0 Å². The third kappa shape index (κ3) is 3.08. The number of benzene rings is 2. The Labute approximate surface area is 115 Å². The van der Waals surface area contributed by atoms with Crippen molar-refractivity contribution in [2.45, 2.75) is 34.2 Å². The van der Waals surface area contributed by atoms with Gasteiger partial charge >= 0.3 is 0 Å². The molecule has 0 atom stereocenters. The molecule has 0 aliphatic carbocycles. The maximum Gasteiger partial charge on any atom is 0.118 e. The molecular weight excluding hydrogens is 234 g/mol. The highest BCUT2D eigenvalue weighted by atomic mass is 16.3. The highest BCUT2D eigenvalue weighted by Gasteiger charge is 2.04. The molecule has 2 aromatic rings. The van der Waals surface area contributed by atoms with Gasteiger partial charge in [0.2, 0.25) is 0 Å². The van der Waals surface area contributed by atoms with Crippen LogP contribution in [0.5, 0.6) is 5.75 Å². The van der Waals surface area contributed by atoms with Crippen molar-refractivity contribution in [1.29, 1.82) is 0 Å². The van der Waals surface area contributed by atoms with Crippen molar-refractivity contribution in [3.05, 3.63) is 58.1 Å². The first-order valence-electron chi connectivity index (χ1n) is 6.57. The molecule has 0 amide bonds. The van der Waals surface area contributed by atoms with E-state index in [1.165, 1.54) is 22.3 Å². The lowest BCUT2D eigenvalue weighted by Gasteiger charge is -2.13. The summed E-state index contributed by atoms with van der Waals surface area (Å²) in [7, 11) is 0. The number of aromatic hydroxyl groups is 1. The quantitative estimate of drug-likeness (QED) is 0.804. The van der Waals surface area contributed by atoms with Gasteiger partial charge in [-0.3, -0.25) is 0 Å². The third-order valence-electron chi connectivity index (χ3n) is 3.51. The van der Waals surface area contributed by atoms with Gasteiger partial charge in [-0.25, -0.2) is 0 Å². The topological polar surface area (TPSA) is 32.3 Å². The van der Waals surface area contributed by atoms with Gasteiger partial charge in [0.15, 0.2) is 0 Å². The Kier molecular flexibility index (Phi) is 3.79. The van der Waals surface area contributed by atoms with Crippen LogP contribution in [0.15, 0.2) is 30.3 Å². The van der Waals surface area contributed by atoms with E-state index in [1.54, 1.807) is 6.07 Å². The van der Waals surface area contributed by atoms with Crippen LogP contribution in [0.25, 0.3) is 0 Å². The molecular formula is C17H21NO. The van der Waals surface area contributed by atoms with Crippen molar-refractivity contribution in [3.63, 3.8) is 0 Å². The fourth-order valence-electron chi connectivity index (χ4n) is 2.44. The number of phenolic OH excluding ortho intramolecular Hbond substituents is 1. The second kappa shape index (κ2) is 5.35. The van der Waals surface area contributed by atoms with Crippen LogP contribution in [0.3, 0.4) is 0 Å². The van der Waals surface area contributed by atoms with Crippen molar-refractivity contribution in [2.75, 3.05) is 5.32 Å². The molecule has 0 aliphatic heterocycles. The van der Waals surface area contributed by atoms with Gasteiger partial charge in [-0.2, -0.15) is 0 Å². The Bertz CT molecular complexity index is 579. The molecule has 0 fully saturated rings. The van der Waals surface area contributed by atoms with Crippen molar-refractivity contribution >= 4 is 5.69 Å². The molecule has 2 nitrogen and oxygen atoms in total. The summed E-state index contributed by atoms with van der Waals surface area (Å²) < 4.78 is 0. The first kappa shape index (κ1) is 13.5. The number of hydrogen-bond acceptors (Lipinski definition) is 2. The number of phenols is 1. The number of anilines is 1. The zero-order valence-electron chi connectivity index (χ0n) is 12.0. The van der Waals surface area contributed by atoms with Gasteiger partial charge in [0.1, 0.15) is 5.75 Å². The van der Waals surface area contributed by atoms with Crippen LogP contribution in [0.2, 0.25) is 0 Å². The minimum atomic E-state index is 0.341. The van der Waals surface area contributed by atoms with Crippen molar-refractivity contribution in [1.82, 2.24) is 0 Å². The van der Waals surface area contributed by atoms with Crippen LogP contribution in [-0.4, -0.2) is 5.11 Å². The van der Waals surface area contributed by atoms with E-state index in [1.807, 2.05) is 19.1 Å². The number of rotatable bonds is 3. The minimum Gasteiger partial charge on any atom is -0.508 e. The molecule has 0 saturated heterocycles. The van der Waals surface area contributed by atoms with E-state index in [2.05, 4.69) is 38.2 Å². The fourth-order valence-corrected chi connectivity index (χ4v) is 2.44. The lowest BCUT2D eigenvalue weighted by Crippen LogP contribution is -2.04. The highest BCUT2D eigenvalue weighted by molar-refractivity contribution is 5.51. The summed E-state index contributed by atoms with van der Waals surface area (Å²) in [6, 6.07) is 10.0. The summed E-state index contributed by atoms with van der Waals surface area (Å²) in [5, 5.41) is 12.9. The largest absolute Gasteiger partial charge is 0.508 e. The summed E-state index contributed by atoms with van der Waals surface area (Å²) >= 11 is 0. The van der Waals surface area contributed by atoms with E-state index >= 15 is 0 Å². The Morgan fingerprint density at radius 2 is 1.53 bits per heavy atom. The van der Waals surface area contributed by atoms with E-state index in [0.717, 1.165) is 17.8 Å². The molecule has 0 bridgehead atoms. The lowest BCUT2D eigenvalue weighted by molar-refractivity contribution is 0.471. The predicted molar refractivity (Wildman–Crippen MR) is 80.8 cm³/mol. The minimum absolute atomic E-state index is 0.341. The molecule has 0 unspecified atom stereocenters. The Morgan fingerprint density at radius 3 is 2.11 bits per heavy atom. The van der Waals surface area contributed by atoms with Crippen LogP contribution in [0.4, 0.5) is 5.69 Å². The maximum atomic E-state index is 9.52. The van der Waals surface area contributed by atoms with Gasteiger partial charge in [0, 0.05) is 12.2 Å². The van der Waals surface area contributed by atoms with Gasteiger partial charge in [-0.1, -0.05) is 17.7 Å². The molecule has 0 heterocycles. The highest BCUT2D eigenvalue weighted by Crippen LogP contribution is 2.22.